The van der Waals surface area contributed by atoms with E-state index in [1.807, 2.05) is 36.4 Å². The predicted octanol–water partition coefficient (Wildman–Crippen LogP) is 3.31. The monoisotopic (exact) mass is 304 g/mol. The minimum atomic E-state index is -0.954. The molecule has 108 valence electrons. The van der Waals surface area contributed by atoms with Crippen molar-refractivity contribution in [1.82, 2.24) is 0 Å². The van der Waals surface area contributed by atoms with E-state index in [9.17, 15) is 4.79 Å². The van der Waals surface area contributed by atoms with Gasteiger partial charge in [0.15, 0.2) is 6.10 Å². The summed E-state index contributed by atoms with van der Waals surface area (Å²) in [7, 11) is 0. The molecule has 2 aromatic carbocycles. The van der Waals surface area contributed by atoms with Crippen molar-refractivity contribution < 1.29 is 19.4 Å². The molecule has 21 heavy (non-hydrogen) atoms. The first-order valence-corrected chi connectivity index (χ1v) is 6.90. The molecule has 3 rings (SSSR count). The molecule has 0 aliphatic carbocycles. The predicted molar refractivity (Wildman–Crippen MR) is 78.0 cm³/mol. The van der Waals surface area contributed by atoms with E-state index in [-0.39, 0.29) is 0 Å². The number of ether oxygens (including phenoxy) is 2. The van der Waals surface area contributed by atoms with E-state index in [1.165, 1.54) is 0 Å². The van der Waals surface area contributed by atoms with Crippen molar-refractivity contribution in [2.75, 3.05) is 0 Å². The first-order chi connectivity index (χ1) is 10.1. The van der Waals surface area contributed by atoms with Crippen LogP contribution in [-0.4, -0.2) is 17.2 Å². The lowest BCUT2D eigenvalue weighted by Crippen LogP contribution is -2.24. The summed E-state index contributed by atoms with van der Waals surface area (Å²) in [6.45, 7) is 0.348. The fraction of sp³-hybridized carbons (Fsp3) is 0.188. The van der Waals surface area contributed by atoms with Crippen LogP contribution in [0.25, 0.3) is 0 Å². The molecule has 0 spiro atoms. The summed E-state index contributed by atoms with van der Waals surface area (Å²) < 4.78 is 11.1. The van der Waals surface area contributed by atoms with Crippen LogP contribution in [0.1, 0.15) is 11.1 Å². The van der Waals surface area contributed by atoms with Gasteiger partial charge < -0.3 is 14.6 Å². The molecule has 2 aromatic rings. The minimum Gasteiger partial charge on any atom is -0.489 e. The average Bonchev–Trinajstić information content (AvgIpc) is 2.90. The van der Waals surface area contributed by atoms with Crippen molar-refractivity contribution in [3.63, 3.8) is 0 Å². The summed E-state index contributed by atoms with van der Waals surface area (Å²) in [6.07, 6.45) is -0.422. The van der Waals surface area contributed by atoms with Gasteiger partial charge in [-0.1, -0.05) is 35.9 Å². The molecular formula is C16H13ClO4. The highest BCUT2D eigenvalue weighted by Crippen LogP contribution is 2.33. The number of hydrogen-bond acceptors (Lipinski definition) is 3. The van der Waals surface area contributed by atoms with E-state index in [0.29, 0.717) is 29.5 Å². The molecule has 5 heteroatoms. The van der Waals surface area contributed by atoms with Crippen LogP contribution in [0, 0.1) is 0 Å². The van der Waals surface area contributed by atoms with E-state index in [2.05, 4.69) is 0 Å². The largest absolute Gasteiger partial charge is 0.489 e. The molecule has 1 aliphatic heterocycles. The standard InChI is InChI=1S/C16H13ClO4/c17-13-4-2-1-3-11(13)9-20-12-6-5-10-7-15(16(18)19)21-14(10)8-12/h1-6,8,15H,7,9H2,(H,18,19). The zero-order valence-corrected chi connectivity index (χ0v) is 11.8. The van der Waals surface area contributed by atoms with Crippen LogP contribution in [0.4, 0.5) is 0 Å². The second-order valence-electron chi connectivity index (χ2n) is 4.80. The number of benzene rings is 2. The van der Waals surface area contributed by atoms with Crippen LogP contribution in [0.3, 0.4) is 0 Å². The first-order valence-electron chi connectivity index (χ1n) is 6.52. The zero-order valence-electron chi connectivity index (χ0n) is 11.1. The van der Waals surface area contributed by atoms with E-state index in [4.69, 9.17) is 26.2 Å². The fourth-order valence-corrected chi connectivity index (χ4v) is 2.40. The third-order valence-electron chi connectivity index (χ3n) is 3.34. The molecular weight excluding hydrogens is 292 g/mol. The van der Waals surface area contributed by atoms with Gasteiger partial charge in [-0.05, 0) is 17.7 Å². The molecule has 4 nitrogen and oxygen atoms in total. The number of carboxylic acid groups (broad SMARTS) is 1. The van der Waals surface area contributed by atoms with Crippen molar-refractivity contribution >= 4 is 17.6 Å². The number of rotatable bonds is 4. The van der Waals surface area contributed by atoms with Crippen molar-refractivity contribution in [1.29, 1.82) is 0 Å². The summed E-state index contributed by atoms with van der Waals surface area (Å²) >= 11 is 6.07. The summed E-state index contributed by atoms with van der Waals surface area (Å²) in [5.41, 5.74) is 1.77. The van der Waals surface area contributed by atoms with Crippen LogP contribution < -0.4 is 9.47 Å². The summed E-state index contributed by atoms with van der Waals surface area (Å²) in [6, 6.07) is 12.8. The highest BCUT2D eigenvalue weighted by Gasteiger charge is 2.28. The number of halogens is 1. The van der Waals surface area contributed by atoms with Gasteiger partial charge in [-0.15, -0.1) is 0 Å². The molecule has 0 fully saturated rings. The van der Waals surface area contributed by atoms with Crippen LogP contribution in [0.15, 0.2) is 42.5 Å². The highest BCUT2D eigenvalue weighted by atomic mass is 35.5. The number of aliphatic carboxylic acids is 1. The average molecular weight is 305 g/mol. The molecule has 0 aromatic heterocycles. The second kappa shape index (κ2) is 5.66. The summed E-state index contributed by atoms with van der Waals surface area (Å²) in [4.78, 5) is 10.9. The number of hydrogen-bond donors (Lipinski definition) is 1. The molecule has 1 atom stereocenters. The molecule has 0 saturated heterocycles. The van der Waals surface area contributed by atoms with Crippen LogP contribution in [-0.2, 0) is 17.8 Å². The van der Waals surface area contributed by atoms with Crippen LogP contribution in [0.5, 0.6) is 11.5 Å². The van der Waals surface area contributed by atoms with Gasteiger partial charge in [0.05, 0.1) is 0 Å². The third-order valence-corrected chi connectivity index (χ3v) is 3.71. The Morgan fingerprint density at radius 2 is 2.14 bits per heavy atom. The van der Waals surface area contributed by atoms with Gasteiger partial charge in [0, 0.05) is 23.1 Å². The molecule has 0 bridgehead atoms. The lowest BCUT2D eigenvalue weighted by atomic mass is 10.1. The van der Waals surface area contributed by atoms with Crippen molar-refractivity contribution in [3.8, 4) is 11.5 Å². The first kappa shape index (κ1) is 13.8. The highest BCUT2D eigenvalue weighted by molar-refractivity contribution is 6.31. The minimum absolute atomic E-state index is 0.348. The Hall–Kier alpha value is -2.20. The van der Waals surface area contributed by atoms with Crippen molar-refractivity contribution in [2.45, 2.75) is 19.1 Å². The maximum Gasteiger partial charge on any atom is 0.345 e. The lowest BCUT2D eigenvalue weighted by Gasteiger charge is -2.09. The molecule has 1 aliphatic rings. The van der Waals surface area contributed by atoms with Gasteiger partial charge in [0.1, 0.15) is 18.1 Å². The van der Waals surface area contributed by atoms with E-state index in [0.717, 1.165) is 11.1 Å². The SMILES string of the molecule is O=C(O)C1Cc2ccc(OCc3ccccc3Cl)cc2O1. The zero-order chi connectivity index (χ0) is 14.8. The van der Waals surface area contributed by atoms with E-state index in [1.54, 1.807) is 6.07 Å². The Balaban J connectivity index is 1.70. The quantitative estimate of drug-likeness (QED) is 0.941. The lowest BCUT2D eigenvalue weighted by molar-refractivity contribution is -0.144. The molecule has 0 amide bonds. The van der Waals surface area contributed by atoms with Gasteiger partial charge in [0.25, 0.3) is 0 Å². The summed E-state index contributed by atoms with van der Waals surface area (Å²) in [5, 5.41) is 9.62. The molecule has 1 unspecified atom stereocenters. The maximum absolute atomic E-state index is 10.9. The van der Waals surface area contributed by atoms with Gasteiger partial charge in [-0.3, -0.25) is 0 Å². The van der Waals surface area contributed by atoms with Crippen molar-refractivity contribution in [3.05, 3.63) is 58.6 Å². The second-order valence-corrected chi connectivity index (χ2v) is 5.21. The maximum atomic E-state index is 10.9. The fourth-order valence-electron chi connectivity index (χ4n) is 2.21. The van der Waals surface area contributed by atoms with Crippen molar-refractivity contribution in [2.24, 2.45) is 0 Å². The molecule has 0 radical (unpaired) electrons. The number of fused-ring (bicyclic) bond motifs is 1. The Kier molecular flexibility index (Phi) is 3.71. The molecule has 0 saturated carbocycles. The third kappa shape index (κ3) is 2.95. The Morgan fingerprint density at radius 3 is 2.90 bits per heavy atom. The van der Waals surface area contributed by atoms with E-state index >= 15 is 0 Å². The topological polar surface area (TPSA) is 55.8 Å². The number of carboxylic acids is 1. The Bertz CT molecular complexity index is 684. The summed E-state index contributed by atoms with van der Waals surface area (Å²) in [5.74, 6) is 0.239. The van der Waals surface area contributed by atoms with Gasteiger partial charge in [0.2, 0.25) is 0 Å². The molecule has 1 heterocycles. The van der Waals surface area contributed by atoms with Gasteiger partial charge in [-0.25, -0.2) is 4.79 Å². The van der Waals surface area contributed by atoms with Gasteiger partial charge >= 0.3 is 5.97 Å². The smallest absolute Gasteiger partial charge is 0.345 e. The van der Waals surface area contributed by atoms with Gasteiger partial charge in [-0.2, -0.15) is 0 Å². The normalized spacial score (nSPS) is 16.1. The van der Waals surface area contributed by atoms with Crippen LogP contribution in [0.2, 0.25) is 5.02 Å². The Morgan fingerprint density at radius 1 is 1.33 bits per heavy atom. The molecule has 1 N–H and O–H groups in total. The Labute approximate surface area is 126 Å². The van der Waals surface area contributed by atoms with E-state index < -0.39 is 12.1 Å². The van der Waals surface area contributed by atoms with Crippen LogP contribution >= 0.6 is 11.6 Å². The number of carbonyl (C=O) groups is 1.